The van der Waals surface area contributed by atoms with Gasteiger partial charge in [-0.1, -0.05) is 0 Å². The second kappa shape index (κ2) is 5.41. The third-order valence-electron chi connectivity index (χ3n) is 2.27. The number of rotatable bonds is 5. The molecule has 0 fully saturated rings. The Kier molecular flexibility index (Phi) is 5.43. The molecule has 2 unspecified atom stereocenters. The molecule has 0 aromatic heterocycles. The molecule has 0 aliphatic rings. The standard InChI is InChI=1S/C9H21NO3S2/c1-8(7-10)14(11)5-6-15(12,13)9(2,3)4/h8H,5-7,10H2,1-4H3. The molecule has 0 aromatic rings. The Labute approximate surface area is 95.0 Å². The van der Waals surface area contributed by atoms with E-state index in [1.165, 1.54) is 0 Å². The van der Waals surface area contributed by atoms with E-state index in [1.54, 1.807) is 27.7 Å². The Morgan fingerprint density at radius 3 is 2.13 bits per heavy atom. The molecule has 6 heteroatoms. The average molecular weight is 255 g/mol. The van der Waals surface area contributed by atoms with Crippen LogP contribution < -0.4 is 5.73 Å². The van der Waals surface area contributed by atoms with E-state index in [2.05, 4.69) is 0 Å². The van der Waals surface area contributed by atoms with Crippen molar-refractivity contribution in [3.05, 3.63) is 0 Å². The van der Waals surface area contributed by atoms with Crippen molar-refractivity contribution in [2.45, 2.75) is 37.7 Å². The predicted octanol–water partition coefficient (Wildman–Crippen LogP) is 0.296. The van der Waals surface area contributed by atoms with Crippen molar-refractivity contribution in [2.24, 2.45) is 5.73 Å². The zero-order chi connectivity index (χ0) is 12.3. The number of hydrogen-bond donors (Lipinski definition) is 1. The lowest BCUT2D eigenvalue weighted by atomic mass is 10.3. The van der Waals surface area contributed by atoms with Crippen molar-refractivity contribution in [1.82, 2.24) is 0 Å². The Morgan fingerprint density at radius 1 is 1.33 bits per heavy atom. The van der Waals surface area contributed by atoms with Crippen LogP contribution in [-0.2, 0) is 20.6 Å². The van der Waals surface area contributed by atoms with Gasteiger partial charge in [-0.25, -0.2) is 8.42 Å². The van der Waals surface area contributed by atoms with Gasteiger partial charge in [-0.15, -0.1) is 0 Å². The van der Waals surface area contributed by atoms with Crippen LogP contribution in [0.5, 0.6) is 0 Å². The highest BCUT2D eigenvalue weighted by Gasteiger charge is 2.29. The molecule has 0 aromatic carbocycles. The maximum Gasteiger partial charge on any atom is 0.156 e. The minimum atomic E-state index is -3.17. The lowest BCUT2D eigenvalue weighted by Crippen LogP contribution is -2.34. The fourth-order valence-corrected chi connectivity index (χ4v) is 3.57. The molecule has 2 N–H and O–H groups in total. The first-order chi connectivity index (χ1) is 6.62. The fraction of sp³-hybridized carbons (Fsp3) is 1.00. The molecule has 92 valence electrons. The molecule has 0 saturated heterocycles. The molecule has 0 spiro atoms. The summed E-state index contributed by atoms with van der Waals surface area (Å²) in [7, 11) is -4.32. The molecule has 0 radical (unpaired) electrons. The molecule has 0 saturated carbocycles. The Balaban J connectivity index is 4.36. The van der Waals surface area contributed by atoms with Crippen molar-refractivity contribution < 1.29 is 12.6 Å². The summed E-state index contributed by atoms with van der Waals surface area (Å²) < 4.78 is 34.1. The van der Waals surface area contributed by atoms with Crippen LogP contribution in [0, 0.1) is 0 Å². The lowest BCUT2D eigenvalue weighted by Gasteiger charge is -2.19. The first-order valence-electron chi connectivity index (χ1n) is 4.91. The van der Waals surface area contributed by atoms with E-state index in [0.29, 0.717) is 6.54 Å². The van der Waals surface area contributed by atoms with Crippen molar-refractivity contribution in [3.8, 4) is 0 Å². The maximum atomic E-state index is 11.7. The van der Waals surface area contributed by atoms with Gasteiger partial charge in [0.25, 0.3) is 0 Å². The summed E-state index contributed by atoms with van der Waals surface area (Å²) in [5.41, 5.74) is 5.36. The largest absolute Gasteiger partial charge is 0.329 e. The predicted molar refractivity (Wildman–Crippen MR) is 65.1 cm³/mol. The third-order valence-corrected chi connectivity index (χ3v) is 6.83. The van der Waals surface area contributed by atoms with Crippen LogP contribution >= 0.6 is 0 Å². The second-order valence-corrected chi connectivity index (χ2v) is 9.40. The van der Waals surface area contributed by atoms with Gasteiger partial charge >= 0.3 is 0 Å². The zero-order valence-corrected chi connectivity index (χ0v) is 11.5. The highest BCUT2D eigenvalue weighted by molar-refractivity contribution is 7.94. The van der Waals surface area contributed by atoms with Gasteiger partial charge in [0.1, 0.15) is 0 Å². The summed E-state index contributed by atoms with van der Waals surface area (Å²) in [6.07, 6.45) is 0. The van der Waals surface area contributed by atoms with E-state index in [0.717, 1.165) is 0 Å². The maximum absolute atomic E-state index is 11.7. The van der Waals surface area contributed by atoms with Crippen LogP contribution in [0.4, 0.5) is 0 Å². The van der Waals surface area contributed by atoms with E-state index >= 15 is 0 Å². The van der Waals surface area contributed by atoms with Crippen LogP contribution in [-0.4, -0.2) is 40.7 Å². The monoisotopic (exact) mass is 255 g/mol. The van der Waals surface area contributed by atoms with Crippen molar-refractivity contribution in [2.75, 3.05) is 18.1 Å². The Morgan fingerprint density at radius 2 is 1.80 bits per heavy atom. The van der Waals surface area contributed by atoms with Gasteiger partial charge in [-0.3, -0.25) is 4.21 Å². The van der Waals surface area contributed by atoms with Crippen LogP contribution in [0.15, 0.2) is 0 Å². The minimum absolute atomic E-state index is 0.0343. The molecule has 0 rings (SSSR count). The SMILES string of the molecule is CC(CN)S(=O)CCS(=O)(=O)C(C)(C)C. The Hall–Kier alpha value is 0.0600. The second-order valence-electron chi connectivity index (χ2n) is 4.56. The fourth-order valence-electron chi connectivity index (χ4n) is 0.807. The van der Waals surface area contributed by atoms with Crippen LogP contribution in [0.25, 0.3) is 0 Å². The molecular weight excluding hydrogens is 234 g/mol. The summed E-state index contributed by atoms with van der Waals surface area (Å²) in [6.45, 7) is 7.04. The van der Waals surface area contributed by atoms with E-state index in [4.69, 9.17) is 5.73 Å². The normalized spacial score (nSPS) is 17.4. The van der Waals surface area contributed by atoms with E-state index in [9.17, 15) is 12.6 Å². The highest BCUT2D eigenvalue weighted by atomic mass is 32.2. The van der Waals surface area contributed by atoms with Gasteiger partial charge < -0.3 is 5.73 Å². The molecule has 0 aliphatic carbocycles. The molecule has 0 aliphatic heterocycles. The molecule has 0 amide bonds. The molecule has 0 bridgehead atoms. The molecule has 0 heterocycles. The lowest BCUT2D eigenvalue weighted by molar-refractivity contribution is 0.561. The van der Waals surface area contributed by atoms with Crippen molar-refractivity contribution in [3.63, 3.8) is 0 Å². The van der Waals surface area contributed by atoms with Gasteiger partial charge in [0.05, 0.1) is 10.5 Å². The third kappa shape index (κ3) is 4.61. The smallest absolute Gasteiger partial charge is 0.156 e. The topological polar surface area (TPSA) is 77.2 Å². The molecule has 2 atom stereocenters. The summed E-state index contributed by atoms with van der Waals surface area (Å²) in [4.78, 5) is 0. The van der Waals surface area contributed by atoms with Crippen LogP contribution in [0.2, 0.25) is 0 Å². The molecule has 4 nitrogen and oxygen atoms in total. The highest BCUT2D eigenvalue weighted by Crippen LogP contribution is 2.16. The van der Waals surface area contributed by atoms with Gasteiger partial charge in [-0.2, -0.15) is 0 Å². The van der Waals surface area contributed by atoms with Crippen molar-refractivity contribution in [1.29, 1.82) is 0 Å². The minimum Gasteiger partial charge on any atom is -0.329 e. The molecular formula is C9H21NO3S2. The number of hydrogen-bond acceptors (Lipinski definition) is 4. The summed E-state index contributed by atoms with van der Waals surface area (Å²) in [5.74, 6) is 0.144. The number of nitrogens with two attached hydrogens (primary N) is 1. The van der Waals surface area contributed by atoms with Gasteiger partial charge in [0, 0.05) is 28.3 Å². The van der Waals surface area contributed by atoms with Crippen LogP contribution in [0.1, 0.15) is 27.7 Å². The first kappa shape index (κ1) is 15.1. The van der Waals surface area contributed by atoms with Crippen LogP contribution in [0.3, 0.4) is 0 Å². The first-order valence-corrected chi connectivity index (χ1v) is 7.95. The average Bonchev–Trinajstić information content (AvgIpc) is 2.11. The number of sulfone groups is 1. The zero-order valence-electron chi connectivity index (χ0n) is 9.82. The van der Waals surface area contributed by atoms with Gasteiger partial charge in [0.2, 0.25) is 0 Å². The molecule has 15 heavy (non-hydrogen) atoms. The van der Waals surface area contributed by atoms with Crippen molar-refractivity contribution >= 4 is 20.6 Å². The Bertz CT molecular complexity index is 317. The summed E-state index contributed by atoms with van der Waals surface area (Å²) >= 11 is 0. The van der Waals surface area contributed by atoms with Gasteiger partial charge in [-0.05, 0) is 27.7 Å². The van der Waals surface area contributed by atoms with E-state index in [-0.39, 0.29) is 16.8 Å². The summed E-state index contributed by atoms with van der Waals surface area (Å²) in [5, 5.41) is -0.139. The van der Waals surface area contributed by atoms with E-state index < -0.39 is 25.4 Å². The van der Waals surface area contributed by atoms with E-state index in [1.807, 2.05) is 0 Å². The quantitative estimate of drug-likeness (QED) is 0.766. The van der Waals surface area contributed by atoms with Gasteiger partial charge in [0.15, 0.2) is 9.84 Å². The summed E-state index contributed by atoms with van der Waals surface area (Å²) in [6, 6.07) is 0.